The van der Waals surface area contributed by atoms with Gasteiger partial charge in [-0.25, -0.2) is 9.67 Å². The summed E-state index contributed by atoms with van der Waals surface area (Å²) in [6.07, 6.45) is 5.93. The molecule has 0 spiro atoms. The molecule has 0 amide bonds. The predicted molar refractivity (Wildman–Crippen MR) is 122 cm³/mol. The molecule has 1 fully saturated rings. The number of rotatable bonds is 6. The Bertz CT molecular complexity index is 1320. The monoisotopic (exact) mass is 523 g/mol. The molecule has 5 N–H and O–H groups in total. The highest BCUT2D eigenvalue weighted by molar-refractivity contribution is 7.99. The number of thioether (sulfide) groups is 1. The van der Waals surface area contributed by atoms with E-state index in [9.17, 15) is 20.1 Å². The standard InChI is InChI=1S/C19H18ClN7O5S2/c20-18(9-28)14(29)13(27-7-11(25-26-27)12-8-33-17(30)24-12)19(31,15-22-4-5-23-15)16(32-18)34-10-2-1-3-21-6-10/h1-8,13-14,16,28-29,31H,9H2,(H,22,23)(H,24,30)/t13-,14+,16+,18+,19-/m0/s1. The molecular formula is C19H18ClN7O5S2. The van der Waals surface area contributed by atoms with Crippen LogP contribution in [0.2, 0.25) is 0 Å². The Hall–Kier alpha value is -2.59. The van der Waals surface area contributed by atoms with Crippen LogP contribution in [-0.2, 0) is 10.3 Å². The number of nitrogens with one attached hydrogen (secondary N) is 2. The highest BCUT2D eigenvalue weighted by atomic mass is 35.5. The normalized spacial score (nSPS) is 29.4. The highest BCUT2D eigenvalue weighted by Gasteiger charge is 2.64. The van der Waals surface area contributed by atoms with Crippen molar-refractivity contribution in [1.82, 2.24) is 34.9 Å². The zero-order valence-electron chi connectivity index (χ0n) is 17.1. The molecule has 5 rings (SSSR count). The van der Waals surface area contributed by atoms with E-state index in [0.717, 1.165) is 23.1 Å². The van der Waals surface area contributed by atoms with Gasteiger partial charge in [0, 0.05) is 35.1 Å². The Kier molecular flexibility index (Phi) is 6.05. The quantitative estimate of drug-likeness (QED) is 0.226. The number of imidazole rings is 1. The number of ether oxygens (including phenoxy) is 1. The number of hydrogen-bond donors (Lipinski definition) is 5. The largest absolute Gasteiger partial charge is 0.392 e. The van der Waals surface area contributed by atoms with Crippen LogP contribution in [-0.4, -0.2) is 73.5 Å². The smallest absolute Gasteiger partial charge is 0.304 e. The molecule has 0 saturated carbocycles. The number of thiazole rings is 1. The van der Waals surface area contributed by atoms with Crippen molar-refractivity contribution < 1.29 is 20.1 Å². The first-order valence-electron chi connectivity index (χ1n) is 9.90. The number of aliphatic hydroxyl groups is 3. The summed E-state index contributed by atoms with van der Waals surface area (Å²) in [6.45, 7) is -0.760. The molecule has 0 unspecified atom stereocenters. The number of hydrogen-bond acceptors (Lipinski definition) is 11. The Morgan fingerprint density at radius 3 is 2.88 bits per heavy atom. The molecule has 0 aliphatic carbocycles. The van der Waals surface area contributed by atoms with Crippen LogP contribution in [0, 0.1) is 0 Å². The third kappa shape index (κ3) is 3.86. The van der Waals surface area contributed by atoms with Crippen LogP contribution in [0.3, 0.4) is 0 Å². The zero-order valence-corrected chi connectivity index (χ0v) is 19.5. The number of H-pyrrole nitrogens is 2. The summed E-state index contributed by atoms with van der Waals surface area (Å²) in [6, 6.07) is 2.17. The molecule has 1 aliphatic heterocycles. The average Bonchev–Trinajstić information content (AvgIpc) is 3.60. The lowest BCUT2D eigenvalue weighted by atomic mass is 9.84. The second-order valence-corrected chi connectivity index (χ2v) is 10.1. The summed E-state index contributed by atoms with van der Waals surface area (Å²) < 4.78 is 7.14. The molecule has 1 aliphatic rings. The van der Waals surface area contributed by atoms with Crippen molar-refractivity contribution >= 4 is 34.7 Å². The van der Waals surface area contributed by atoms with Gasteiger partial charge in [0.15, 0.2) is 10.7 Å². The number of halogens is 1. The van der Waals surface area contributed by atoms with E-state index in [4.69, 9.17) is 16.3 Å². The van der Waals surface area contributed by atoms with Gasteiger partial charge in [0.05, 0.1) is 18.5 Å². The number of nitrogens with zero attached hydrogens (tertiary/aromatic N) is 5. The van der Waals surface area contributed by atoms with Crippen LogP contribution in [0.4, 0.5) is 0 Å². The van der Waals surface area contributed by atoms with E-state index >= 15 is 0 Å². The molecular weight excluding hydrogens is 506 g/mol. The van der Waals surface area contributed by atoms with E-state index < -0.39 is 34.8 Å². The minimum absolute atomic E-state index is 0.0792. The Morgan fingerprint density at radius 2 is 2.24 bits per heavy atom. The van der Waals surface area contributed by atoms with Crippen LogP contribution in [0.5, 0.6) is 0 Å². The van der Waals surface area contributed by atoms with Gasteiger partial charge in [-0.1, -0.05) is 39.9 Å². The predicted octanol–water partition coefficient (Wildman–Crippen LogP) is 0.679. The van der Waals surface area contributed by atoms with Crippen molar-refractivity contribution in [2.24, 2.45) is 0 Å². The molecule has 5 heterocycles. The second-order valence-electron chi connectivity index (χ2n) is 7.50. The van der Waals surface area contributed by atoms with E-state index in [1.807, 2.05) is 0 Å². The number of pyridine rings is 1. The van der Waals surface area contributed by atoms with Crippen molar-refractivity contribution in [1.29, 1.82) is 0 Å². The zero-order chi connectivity index (χ0) is 23.9. The van der Waals surface area contributed by atoms with Crippen LogP contribution >= 0.6 is 34.7 Å². The molecule has 0 bridgehead atoms. The van der Waals surface area contributed by atoms with Crippen molar-refractivity contribution in [3.8, 4) is 11.4 Å². The number of aromatic nitrogens is 7. The molecule has 0 radical (unpaired) electrons. The van der Waals surface area contributed by atoms with E-state index in [2.05, 4.69) is 30.2 Å². The maximum atomic E-state index is 12.1. The minimum atomic E-state index is -2.02. The summed E-state index contributed by atoms with van der Waals surface area (Å²) in [5.41, 5.74) is -2.47. The van der Waals surface area contributed by atoms with Gasteiger partial charge in [0.25, 0.3) is 0 Å². The Morgan fingerprint density at radius 1 is 1.38 bits per heavy atom. The fourth-order valence-corrected chi connectivity index (χ4v) is 5.77. The van der Waals surface area contributed by atoms with Crippen molar-refractivity contribution in [2.75, 3.05) is 6.61 Å². The van der Waals surface area contributed by atoms with Crippen molar-refractivity contribution in [2.45, 2.75) is 33.1 Å². The van der Waals surface area contributed by atoms with E-state index in [0.29, 0.717) is 16.3 Å². The fourth-order valence-electron chi connectivity index (χ4n) is 3.76. The van der Waals surface area contributed by atoms with Gasteiger partial charge in [-0.3, -0.25) is 9.78 Å². The minimum Gasteiger partial charge on any atom is -0.392 e. The van der Waals surface area contributed by atoms with Gasteiger partial charge in [0.2, 0.25) is 0 Å². The Labute approximate surface area is 204 Å². The maximum Gasteiger partial charge on any atom is 0.304 e. The molecule has 34 heavy (non-hydrogen) atoms. The maximum absolute atomic E-state index is 12.1. The van der Waals surface area contributed by atoms with E-state index in [1.165, 1.54) is 23.3 Å². The van der Waals surface area contributed by atoms with Crippen LogP contribution in [0.1, 0.15) is 11.9 Å². The van der Waals surface area contributed by atoms with Gasteiger partial charge in [-0.2, -0.15) is 0 Å². The van der Waals surface area contributed by atoms with Gasteiger partial charge in [-0.15, -0.1) is 5.10 Å². The van der Waals surface area contributed by atoms with Crippen LogP contribution < -0.4 is 4.87 Å². The summed E-state index contributed by atoms with van der Waals surface area (Å²) in [5.74, 6) is 0.0792. The Balaban J connectivity index is 1.65. The van der Waals surface area contributed by atoms with E-state index in [1.54, 1.807) is 29.9 Å². The molecule has 0 aromatic carbocycles. The third-order valence-electron chi connectivity index (χ3n) is 5.42. The summed E-state index contributed by atoms with van der Waals surface area (Å²) in [4.78, 5) is 25.8. The SMILES string of the molecule is O=c1[nH]c(-c2cn([C@H]3[C@@H](O)[C@@](Cl)(CO)O[C@H](Sc4cccnc4)[C@@]3(O)c3ncc[nH]3)nn2)cs1. The van der Waals surface area contributed by atoms with Gasteiger partial charge in [-0.05, 0) is 12.1 Å². The first-order valence-corrected chi connectivity index (χ1v) is 12.0. The lowest BCUT2D eigenvalue weighted by Crippen LogP contribution is -2.65. The number of alkyl halides is 1. The first kappa shape index (κ1) is 23.2. The van der Waals surface area contributed by atoms with Gasteiger partial charge in [0.1, 0.15) is 29.1 Å². The van der Waals surface area contributed by atoms with Gasteiger partial charge < -0.3 is 30.0 Å². The summed E-state index contributed by atoms with van der Waals surface area (Å²) >= 11 is 8.58. The first-order chi connectivity index (χ1) is 16.3. The molecule has 4 aromatic rings. The molecule has 5 atom stereocenters. The molecule has 1 saturated heterocycles. The van der Waals surface area contributed by atoms with E-state index in [-0.39, 0.29) is 10.7 Å². The highest BCUT2D eigenvalue weighted by Crippen LogP contribution is 2.53. The molecule has 12 nitrogen and oxygen atoms in total. The molecule has 4 aromatic heterocycles. The molecule has 15 heteroatoms. The lowest BCUT2D eigenvalue weighted by molar-refractivity contribution is -0.248. The van der Waals surface area contributed by atoms with Gasteiger partial charge >= 0.3 is 4.87 Å². The fraction of sp³-hybridized carbons (Fsp3) is 0.316. The average molecular weight is 524 g/mol. The summed E-state index contributed by atoms with van der Waals surface area (Å²) in [7, 11) is 0. The third-order valence-corrected chi connectivity index (χ3v) is 7.70. The van der Waals surface area contributed by atoms with Crippen molar-refractivity contribution in [3.63, 3.8) is 0 Å². The topological polar surface area (TPSA) is 175 Å². The number of aliphatic hydroxyl groups excluding tert-OH is 2. The number of aromatic amines is 2. The summed E-state index contributed by atoms with van der Waals surface area (Å²) in [5, 5.41) is 41.2. The lowest BCUT2D eigenvalue weighted by Gasteiger charge is -2.51. The second kappa shape index (κ2) is 8.88. The van der Waals surface area contributed by atoms with Crippen LogP contribution in [0.15, 0.2) is 58.2 Å². The van der Waals surface area contributed by atoms with Crippen molar-refractivity contribution in [3.05, 3.63) is 64.0 Å². The molecule has 178 valence electrons. The van der Waals surface area contributed by atoms with Crippen LogP contribution in [0.25, 0.3) is 11.4 Å².